The molecule has 150 valence electrons. The van der Waals surface area contributed by atoms with E-state index in [2.05, 4.69) is 15.2 Å². The van der Waals surface area contributed by atoms with Crippen molar-refractivity contribution < 1.29 is 14.3 Å². The summed E-state index contributed by atoms with van der Waals surface area (Å²) in [4.78, 5) is 18.7. The number of carbonyl (C=O) groups is 1. The number of hydrogen-bond acceptors (Lipinski definition) is 5. The van der Waals surface area contributed by atoms with Gasteiger partial charge in [0.15, 0.2) is 0 Å². The topological polar surface area (TPSA) is 63.7 Å². The lowest BCUT2D eigenvalue weighted by Gasteiger charge is -2.28. The van der Waals surface area contributed by atoms with Gasteiger partial charge in [-0.05, 0) is 54.8 Å². The van der Waals surface area contributed by atoms with Crippen LogP contribution in [0.15, 0.2) is 36.5 Å². The van der Waals surface area contributed by atoms with Gasteiger partial charge in [-0.15, -0.1) is 0 Å². The number of ether oxygens (including phenoxy) is 2. The first-order valence-corrected chi connectivity index (χ1v) is 9.93. The van der Waals surface area contributed by atoms with E-state index in [0.717, 1.165) is 54.0 Å². The van der Waals surface area contributed by atoms with Crippen LogP contribution in [0.1, 0.15) is 24.0 Å². The second-order valence-electron chi connectivity index (χ2n) is 6.76. The van der Waals surface area contributed by atoms with Crippen LogP contribution >= 0.6 is 11.6 Å². The van der Waals surface area contributed by atoms with E-state index < -0.39 is 0 Å². The zero-order chi connectivity index (χ0) is 19.8. The first-order valence-electron chi connectivity index (χ1n) is 9.55. The van der Waals surface area contributed by atoms with Crippen molar-refractivity contribution in [3.8, 4) is 5.75 Å². The fourth-order valence-corrected chi connectivity index (χ4v) is 3.07. The van der Waals surface area contributed by atoms with E-state index in [0.29, 0.717) is 26.0 Å². The Kier molecular flexibility index (Phi) is 7.51. The van der Waals surface area contributed by atoms with E-state index in [-0.39, 0.29) is 5.91 Å². The van der Waals surface area contributed by atoms with Gasteiger partial charge in [0.05, 0.1) is 19.8 Å². The fraction of sp³-hybridized carbons (Fsp3) is 0.429. The van der Waals surface area contributed by atoms with Crippen molar-refractivity contribution in [2.24, 2.45) is 0 Å². The van der Waals surface area contributed by atoms with Crippen molar-refractivity contribution in [1.29, 1.82) is 0 Å². The van der Waals surface area contributed by atoms with Crippen molar-refractivity contribution in [3.63, 3.8) is 0 Å². The van der Waals surface area contributed by atoms with Crippen LogP contribution in [-0.4, -0.2) is 43.8 Å². The summed E-state index contributed by atoms with van der Waals surface area (Å²) in [6.07, 6.45) is 2.87. The van der Waals surface area contributed by atoms with Gasteiger partial charge in [-0.3, -0.25) is 4.79 Å². The minimum Gasteiger partial charge on any atom is -0.494 e. The molecule has 0 unspecified atom stereocenters. The molecule has 0 saturated carbocycles. The summed E-state index contributed by atoms with van der Waals surface area (Å²) in [6, 6.07) is 9.51. The molecule has 7 heteroatoms. The maximum Gasteiger partial charge on any atom is 0.220 e. The second-order valence-corrected chi connectivity index (χ2v) is 7.17. The molecule has 0 radical (unpaired) electrons. The third-order valence-electron chi connectivity index (χ3n) is 4.58. The predicted molar refractivity (Wildman–Crippen MR) is 110 cm³/mol. The number of nitrogens with zero attached hydrogens (tertiary/aromatic N) is 2. The van der Waals surface area contributed by atoms with Crippen molar-refractivity contribution >= 4 is 23.3 Å². The molecule has 3 rings (SSSR count). The van der Waals surface area contributed by atoms with Gasteiger partial charge in [-0.1, -0.05) is 11.6 Å². The molecule has 1 N–H and O–H groups in total. The Morgan fingerprint density at radius 1 is 1.29 bits per heavy atom. The Bertz CT molecular complexity index is 794. The molecule has 6 nitrogen and oxygen atoms in total. The summed E-state index contributed by atoms with van der Waals surface area (Å²) in [7, 11) is 0. The Labute approximate surface area is 170 Å². The highest BCUT2D eigenvalue weighted by atomic mass is 35.5. The highest BCUT2D eigenvalue weighted by Gasteiger charge is 2.12. The smallest absolute Gasteiger partial charge is 0.220 e. The zero-order valence-corrected chi connectivity index (χ0v) is 16.9. The summed E-state index contributed by atoms with van der Waals surface area (Å²) in [6.45, 7) is 6.06. The van der Waals surface area contributed by atoms with Crippen LogP contribution in [0.3, 0.4) is 0 Å². The van der Waals surface area contributed by atoms with Gasteiger partial charge in [-0.2, -0.15) is 0 Å². The number of carbonyl (C=O) groups excluding carboxylic acids is 1. The van der Waals surface area contributed by atoms with Crippen LogP contribution in [-0.2, 0) is 16.1 Å². The number of nitrogens with one attached hydrogen (secondary N) is 1. The van der Waals surface area contributed by atoms with Gasteiger partial charge < -0.3 is 19.7 Å². The SMILES string of the molecule is Cc1cc(OCCCC(=O)NCc2ccnc(N3CCOCC3)c2)ccc1Cl. The largest absolute Gasteiger partial charge is 0.494 e. The van der Waals surface area contributed by atoms with Crippen LogP contribution in [0.25, 0.3) is 0 Å². The van der Waals surface area contributed by atoms with Gasteiger partial charge in [0.2, 0.25) is 5.91 Å². The van der Waals surface area contributed by atoms with Gasteiger partial charge >= 0.3 is 0 Å². The van der Waals surface area contributed by atoms with Crippen LogP contribution in [0, 0.1) is 6.92 Å². The zero-order valence-electron chi connectivity index (χ0n) is 16.1. The normalized spacial score (nSPS) is 14.0. The first kappa shape index (κ1) is 20.4. The molecule has 1 aromatic heterocycles. The lowest BCUT2D eigenvalue weighted by atomic mass is 10.2. The number of morpholine rings is 1. The Balaban J connectivity index is 1.37. The van der Waals surface area contributed by atoms with Crippen molar-refractivity contribution in [2.45, 2.75) is 26.3 Å². The Hall–Kier alpha value is -2.31. The molecular formula is C21H26ClN3O3. The Morgan fingerprint density at radius 2 is 2.11 bits per heavy atom. The first-order chi connectivity index (χ1) is 13.6. The summed E-state index contributed by atoms with van der Waals surface area (Å²) in [5.74, 6) is 1.72. The maximum absolute atomic E-state index is 12.1. The van der Waals surface area contributed by atoms with Crippen molar-refractivity contribution in [1.82, 2.24) is 10.3 Å². The number of hydrogen-bond donors (Lipinski definition) is 1. The quantitative estimate of drug-likeness (QED) is 0.685. The van der Waals surface area contributed by atoms with Crippen molar-refractivity contribution in [3.05, 3.63) is 52.7 Å². The molecule has 1 fully saturated rings. The monoisotopic (exact) mass is 403 g/mol. The molecule has 1 saturated heterocycles. The van der Waals surface area contributed by atoms with Crippen LogP contribution in [0.2, 0.25) is 5.02 Å². The molecule has 1 amide bonds. The molecule has 28 heavy (non-hydrogen) atoms. The third kappa shape index (κ3) is 6.11. The van der Waals surface area contributed by atoms with E-state index in [4.69, 9.17) is 21.1 Å². The van der Waals surface area contributed by atoms with Crippen molar-refractivity contribution in [2.75, 3.05) is 37.8 Å². The third-order valence-corrected chi connectivity index (χ3v) is 5.01. The van der Waals surface area contributed by atoms with E-state index in [1.165, 1.54) is 0 Å². The van der Waals surface area contributed by atoms with Gasteiger partial charge in [0, 0.05) is 37.3 Å². The minimum absolute atomic E-state index is 0.0145. The predicted octanol–water partition coefficient (Wildman–Crippen LogP) is 3.36. The minimum atomic E-state index is 0.0145. The average molecular weight is 404 g/mol. The number of halogens is 1. The Morgan fingerprint density at radius 3 is 2.89 bits per heavy atom. The molecule has 1 aliphatic rings. The lowest BCUT2D eigenvalue weighted by Crippen LogP contribution is -2.36. The molecule has 0 aliphatic carbocycles. The van der Waals surface area contributed by atoms with Gasteiger partial charge in [0.25, 0.3) is 0 Å². The molecular weight excluding hydrogens is 378 g/mol. The second kappa shape index (κ2) is 10.3. The molecule has 1 aromatic carbocycles. The van der Waals surface area contributed by atoms with E-state index in [1.807, 2.05) is 37.3 Å². The summed E-state index contributed by atoms with van der Waals surface area (Å²) in [5, 5.41) is 3.68. The lowest BCUT2D eigenvalue weighted by molar-refractivity contribution is -0.121. The molecule has 0 bridgehead atoms. The van der Waals surface area contributed by atoms with E-state index >= 15 is 0 Å². The molecule has 2 heterocycles. The van der Waals surface area contributed by atoms with Crippen LogP contribution in [0.4, 0.5) is 5.82 Å². The fourth-order valence-electron chi connectivity index (χ4n) is 2.95. The average Bonchev–Trinajstić information content (AvgIpc) is 2.73. The highest BCUT2D eigenvalue weighted by Crippen LogP contribution is 2.21. The molecule has 1 aliphatic heterocycles. The molecule has 2 aromatic rings. The van der Waals surface area contributed by atoms with E-state index in [9.17, 15) is 4.79 Å². The number of amides is 1. The van der Waals surface area contributed by atoms with Crippen LogP contribution in [0.5, 0.6) is 5.75 Å². The number of rotatable bonds is 8. The standard InChI is InChI=1S/C21H26ClN3O3/c1-16-13-18(4-5-19(16)22)28-10-2-3-21(26)24-15-17-6-7-23-20(14-17)25-8-11-27-12-9-25/h4-7,13-14H,2-3,8-12,15H2,1H3,(H,24,26). The summed E-state index contributed by atoms with van der Waals surface area (Å²) >= 11 is 6.00. The van der Waals surface area contributed by atoms with E-state index in [1.54, 1.807) is 6.20 Å². The van der Waals surface area contributed by atoms with Crippen LogP contribution < -0.4 is 15.0 Å². The molecule has 0 atom stereocenters. The number of aromatic nitrogens is 1. The number of pyridine rings is 1. The summed E-state index contributed by atoms with van der Waals surface area (Å²) < 4.78 is 11.0. The highest BCUT2D eigenvalue weighted by molar-refractivity contribution is 6.31. The summed E-state index contributed by atoms with van der Waals surface area (Å²) in [5.41, 5.74) is 2.02. The number of aryl methyl sites for hydroxylation is 1. The molecule has 0 spiro atoms. The van der Waals surface area contributed by atoms with Gasteiger partial charge in [0.1, 0.15) is 11.6 Å². The maximum atomic E-state index is 12.1. The van der Waals surface area contributed by atoms with Gasteiger partial charge in [-0.25, -0.2) is 4.98 Å². The number of benzene rings is 1. The number of anilines is 1.